The van der Waals surface area contributed by atoms with Crippen LogP contribution < -0.4 is 5.32 Å². The minimum atomic E-state index is -0.0456. The van der Waals surface area contributed by atoms with E-state index in [1.165, 1.54) is 5.56 Å². The van der Waals surface area contributed by atoms with Crippen molar-refractivity contribution in [1.82, 2.24) is 10.2 Å². The average Bonchev–Trinajstić information content (AvgIpc) is 2.88. The Morgan fingerprint density at radius 1 is 1.40 bits per heavy atom. The number of hydrogen-bond acceptors (Lipinski definition) is 4. The molecule has 2 aliphatic rings. The highest BCUT2D eigenvalue weighted by Gasteiger charge is 2.47. The van der Waals surface area contributed by atoms with Crippen molar-refractivity contribution >= 4 is 5.97 Å². The first kappa shape index (κ1) is 13.6. The van der Waals surface area contributed by atoms with E-state index in [1.54, 1.807) is 0 Å². The van der Waals surface area contributed by atoms with Crippen molar-refractivity contribution in [2.45, 2.75) is 18.9 Å². The number of piperazine rings is 1. The molecule has 0 aromatic heterocycles. The molecular formula is C16H22N2O2. The van der Waals surface area contributed by atoms with Crippen molar-refractivity contribution < 1.29 is 9.53 Å². The van der Waals surface area contributed by atoms with Crippen molar-refractivity contribution in [3.63, 3.8) is 0 Å². The minimum Gasteiger partial charge on any atom is -0.466 e. The first-order chi connectivity index (χ1) is 9.81. The summed E-state index contributed by atoms with van der Waals surface area (Å²) in [6.07, 6.45) is 0. The molecule has 0 spiro atoms. The van der Waals surface area contributed by atoms with Crippen LogP contribution in [-0.4, -0.2) is 49.7 Å². The Bertz CT molecular complexity index is 463. The first-order valence-electron chi connectivity index (χ1n) is 7.47. The highest BCUT2D eigenvalue weighted by atomic mass is 16.5. The number of ether oxygens (including phenoxy) is 1. The molecule has 0 unspecified atom stereocenters. The summed E-state index contributed by atoms with van der Waals surface area (Å²) >= 11 is 0. The lowest BCUT2D eigenvalue weighted by atomic mass is 9.84. The molecule has 0 saturated carbocycles. The van der Waals surface area contributed by atoms with Crippen LogP contribution >= 0.6 is 0 Å². The third kappa shape index (κ3) is 2.45. The maximum absolute atomic E-state index is 12.3. The van der Waals surface area contributed by atoms with E-state index in [1.807, 2.05) is 13.0 Å². The number of nitrogens with one attached hydrogen (secondary N) is 1. The number of benzene rings is 1. The second-order valence-electron chi connectivity index (χ2n) is 5.56. The Morgan fingerprint density at radius 3 is 2.95 bits per heavy atom. The van der Waals surface area contributed by atoms with Gasteiger partial charge < -0.3 is 10.1 Å². The number of carbonyl (C=O) groups is 1. The maximum Gasteiger partial charge on any atom is 0.310 e. The highest BCUT2D eigenvalue weighted by molar-refractivity contribution is 5.75. The molecule has 2 aliphatic heterocycles. The average molecular weight is 274 g/mol. The van der Waals surface area contributed by atoms with E-state index in [2.05, 4.69) is 34.5 Å². The minimum absolute atomic E-state index is 0.0396. The Kier molecular flexibility index (Phi) is 4.03. The predicted molar refractivity (Wildman–Crippen MR) is 77.5 cm³/mol. The molecule has 0 aliphatic carbocycles. The van der Waals surface area contributed by atoms with Crippen molar-refractivity contribution in [3.05, 3.63) is 35.9 Å². The van der Waals surface area contributed by atoms with E-state index < -0.39 is 0 Å². The van der Waals surface area contributed by atoms with Crippen LogP contribution in [0.15, 0.2) is 30.3 Å². The van der Waals surface area contributed by atoms with Crippen molar-refractivity contribution in [2.24, 2.45) is 5.92 Å². The molecule has 1 aromatic carbocycles. The van der Waals surface area contributed by atoms with Crippen LogP contribution in [0.4, 0.5) is 0 Å². The fourth-order valence-corrected chi connectivity index (χ4v) is 3.58. The van der Waals surface area contributed by atoms with Gasteiger partial charge in [0.15, 0.2) is 0 Å². The van der Waals surface area contributed by atoms with Gasteiger partial charge in [0.2, 0.25) is 0 Å². The van der Waals surface area contributed by atoms with Gasteiger partial charge in [-0.05, 0) is 12.5 Å². The Labute approximate surface area is 120 Å². The predicted octanol–water partition coefficient (Wildman–Crippen LogP) is 1.24. The largest absolute Gasteiger partial charge is 0.466 e. The SMILES string of the molecule is CCOC(=O)[C@@H]1CN2CCNC[C@@H]2[C@H]1c1ccccc1. The van der Waals surface area contributed by atoms with E-state index in [9.17, 15) is 4.79 Å². The summed E-state index contributed by atoms with van der Waals surface area (Å²) in [5, 5.41) is 3.45. The van der Waals surface area contributed by atoms with Gasteiger partial charge in [-0.2, -0.15) is 0 Å². The van der Waals surface area contributed by atoms with Crippen LogP contribution in [0.25, 0.3) is 0 Å². The van der Waals surface area contributed by atoms with Gasteiger partial charge in [0, 0.05) is 38.1 Å². The zero-order valence-electron chi connectivity index (χ0n) is 11.9. The summed E-state index contributed by atoms with van der Waals surface area (Å²) in [5.41, 5.74) is 1.25. The van der Waals surface area contributed by atoms with Crippen molar-refractivity contribution in [2.75, 3.05) is 32.8 Å². The number of rotatable bonds is 3. The quantitative estimate of drug-likeness (QED) is 0.842. The van der Waals surface area contributed by atoms with Gasteiger partial charge in [0.1, 0.15) is 0 Å². The summed E-state index contributed by atoms with van der Waals surface area (Å²) in [7, 11) is 0. The Morgan fingerprint density at radius 2 is 2.20 bits per heavy atom. The maximum atomic E-state index is 12.3. The zero-order chi connectivity index (χ0) is 13.9. The van der Waals surface area contributed by atoms with Crippen LogP contribution in [0.5, 0.6) is 0 Å². The summed E-state index contributed by atoms with van der Waals surface area (Å²) in [5.74, 6) is 0.154. The van der Waals surface area contributed by atoms with Crippen LogP contribution in [0.2, 0.25) is 0 Å². The Hall–Kier alpha value is -1.39. The molecule has 20 heavy (non-hydrogen) atoms. The van der Waals surface area contributed by atoms with Crippen LogP contribution in [0.3, 0.4) is 0 Å². The summed E-state index contributed by atoms with van der Waals surface area (Å²) < 4.78 is 5.30. The van der Waals surface area contributed by atoms with Crippen LogP contribution in [0, 0.1) is 5.92 Å². The standard InChI is InChI=1S/C16H22N2O2/c1-2-20-16(19)13-11-18-9-8-17-10-14(18)15(13)12-6-4-3-5-7-12/h3-7,13-15,17H,2,8-11H2,1H3/t13-,14-,15+/m1/s1. The lowest BCUT2D eigenvalue weighted by Crippen LogP contribution is -2.49. The topological polar surface area (TPSA) is 41.6 Å². The number of hydrogen-bond donors (Lipinski definition) is 1. The molecule has 1 N–H and O–H groups in total. The lowest BCUT2D eigenvalue weighted by molar-refractivity contribution is -0.148. The van der Waals surface area contributed by atoms with E-state index >= 15 is 0 Å². The van der Waals surface area contributed by atoms with Gasteiger partial charge in [0.05, 0.1) is 12.5 Å². The number of fused-ring (bicyclic) bond motifs is 1. The lowest BCUT2D eigenvalue weighted by Gasteiger charge is -2.33. The second-order valence-corrected chi connectivity index (χ2v) is 5.56. The molecule has 2 fully saturated rings. The van der Waals surface area contributed by atoms with Crippen LogP contribution in [-0.2, 0) is 9.53 Å². The molecule has 4 nitrogen and oxygen atoms in total. The van der Waals surface area contributed by atoms with Crippen molar-refractivity contribution in [1.29, 1.82) is 0 Å². The highest BCUT2D eigenvalue weighted by Crippen LogP contribution is 2.39. The molecule has 0 amide bonds. The molecule has 108 valence electrons. The molecule has 4 heteroatoms. The summed E-state index contributed by atoms with van der Waals surface area (Å²) in [4.78, 5) is 14.7. The number of nitrogens with zero attached hydrogens (tertiary/aromatic N) is 1. The third-order valence-electron chi connectivity index (χ3n) is 4.45. The van der Waals surface area contributed by atoms with Crippen molar-refractivity contribution in [3.8, 4) is 0 Å². The smallest absolute Gasteiger partial charge is 0.310 e. The van der Waals surface area contributed by atoms with Gasteiger partial charge in [-0.1, -0.05) is 30.3 Å². The molecule has 0 bridgehead atoms. The van der Waals surface area contributed by atoms with Gasteiger partial charge in [-0.3, -0.25) is 9.69 Å². The van der Waals surface area contributed by atoms with Gasteiger partial charge in [-0.25, -0.2) is 0 Å². The van der Waals surface area contributed by atoms with E-state index in [-0.39, 0.29) is 17.8 Å². The molecule has 2 saturated heterocycles. The number of esters is 1. The third-order valence-corrected chi connectivity index (χ3v) is 4.45. The summed E-state index contributed by atoms with van der Waals surface area (Å²) in [6.45, 7) is 6.14. The summed E-state index contributed by atoms with van der Waals surface area (Å²) in [6, 6.07) is 10.8. The fraction of sp³-hybridized carbons (Fsp3) is 0.562. The normalized spacial score (nSPS) is 29.9. The first-order valence-corrected chi connectivity index (χ1v) is 7.47. The molecular weight excluding hydrogens is 252 g/mol. The molecule has 3 rings (SSSR count). The van der Waals surface area contributed by atoms with Crippen LogP contribution in [0.1, 0.15) is 18.4 Å². The van der Waals surface area contributed by atoms with E-state index in [0.717, 1.165) is 26.2 Å². The second kappa shape index (κ2) is 5.94. The zero-order valence-corrected chi connectivity index (χ0v) is 11.9. The molecule has 3 atom stereocenters. The van der Waals surface area contributed by atoms with Gasteiger partial charge >= 0.3 is 5.97 Å². The monoisotopic (exact) mass is 274 g/mol. The molecule has 0 radical (unpaired) electrons. The van der Waals surface area contributed by atoms with Gasteiger partial charge in [-0.15, -0.1) is 0 Å². The molecule has 2 heterocycles. The van der Waals surface area contributed by atoms with Gasteiger partial charge in [0.25, 0.3) is 0 Å². The fourth-order valence-electron chi connectivity index (χ4n) is 3.58. The Balaban J connectivity index is 1.89. The molecule has 1 aromatic rings. The van der Waals surface area contributed by atoms with E-state index in [0.29, 0.717) is 12.6 Å². The van der Waals surface area contributed by atoms with E-state index in [4.69, 9.17) is 4.74 Å². The number of carbonyl (C=O) groups excluding carboxylic acids is 1.